The van der Waals surface area contributed by atoms with Crippen molar-refractivity contribution in [3.8, 4) is 22.8 Å². The molecule has 30 heavy (non-hydrogen) atoms. The highest BCUT2D eigenvalue weighted by molar-refractivity contribution is 5.84. The van der Waals surface area contributed by atoms with Crippen molar-refractivity contribution in [1.29, 1.82) is 0 Å². The van der Waals surface area contributed by atoms with E-state index < -0.39 is 0 Å². The Balaban J connectivity index is 1.80. The molecule has 0 aliphatic carbocycles. The van der Waals surface area contributed by atoms with Gasteiger partial charge in [0, 0.05) is 37.6 Å². The van der Waals surface area contributed by atoms with E-state index in [1.54, 1.807) is 19.1 Å². The molecule has 1 fully saturated rings. The summed E-state index contributed by atoms with van der Waals surface area (Å²) in [6, 6.07) is 14.4. The van der Waals surface area contributed by atoms with Crippen LogP contribution in [0, 0.1) is 6.92 Å². The molecule has 3 aromatic rings. The van der Waals surface area contributed by atoms with E-state index in [1.807, 2.05) is 25.2 Å². The molecule has 6 heteroatoms. The first-order valence-corrected chi connectivity index (χ1v) is 10.1. The van der Waals surface area contributed by atoms with Gasteiger partial charge in [-0.2, -0.15) is 0 Å². The number of fused-ring (bicyclic) bond motifs is 1. The van der Waals surface area contributed by atoms with Crippen LogP contribution in [-0.2, 0) is 11.3 Å². The standard InChI is InChI=1S/C24H27N3O3/c1-16-5-6-17-12-19(14-27-10-9-26(2)23(28)15-27)24(25-20(17)11-16)18-7-8-21(29-3)22(13-18)30-4/h5-8,11-13H,9-10,14-15H2,1-4H3. The topological polar surface area (TPSA) is 54.9 Å². The summed E-state index contributed by atoms with van der Waals surface area (Å²) < 4.78 is 10.9. The largest absolute Gasteiger partial charge is 0.493 e. The molecule has 1 saturated heterocycles. The summed E-state index contributed by atoms with van der Waals surface area (Å²) in [4.78, 5) is 21.2. The predicted molar refractivity (Wildman–Crippen MR) is 118 cm³/mol. The molecule has 0 unspecified atom stereocenters. The maximum absolute atomic E-state index is 12.2. The first kappa shape index (κ1) is 20.2. The zero-order valence-corrected chi connectivity index (χ0v) is 17.9. The van der Waals surface area contributed by atoms with Gasteiger partial charge in [-0.05, 0) is 48.4 Å². The Kier molecular flexibility index (Phi) is 5.59. The third-order valence-corrected chi connectivity index (χ3v) is 5.64. The number of nitrogens with zero attached hydrogens (tertiary/aromatic N) is 3. The Morgan fingerprint density at radius 1 is 1.00 bits per heavy atom. The molecule has 1 aromatic heterocycles. The molecule has 2 aromatic carbocycles. The van der Waals surface area contributed by atoms with E-state index >= 15 is 0 Å². The molecule has 0 atom stereocenters. The zero-order chi connectivity index (χ0) is 21.3. The van der Waals surface area contributed by atoms with Crippen LogP contribution in [0.3, 0.4) is 0 Å². The van der Waals surface area contributed by atoms with Gasteiger partial charge in [-0.3, -0.25) is 9.69 Å². The molecule has 0 bridgehead atoms. The summed E-state index contributed by atoms with van der Waals surface area (Å²) in [6.45, 7) is 4.75. The van der Waals surface area contributed by atoms with Gasteiger partial charge in [0.1, 0.15) is 0 Å². The molecule has 156 valence electrons. The average molecular weight is 405 g/mol. The van der Waals surface area contributed by atoms with Crippen LogP contribution >= 0.6 is 0 Å². The summed E-state index contributed by atoms with van der Waals surface area (Å²) in [5.41, 5.74) is 5.09. The van der Waals surface area contributed by atoms with Crippen LogP contribution in [0.4, 0.5) is 0 Å². The van der Waals surface area contributed by atoms with E-state index in [4.69, 9.17) is 14.5 Å². The van der Waals surface area contributed by atoms with Gasteiger partial charge in [-0.25, -0.2) is 4.98 Å². The molecule has 0 saturated carbocycles. The lowest BCUT2D eigenvalue weighted by Crippen LogP contribution is -2.48. The Labute approximate surface area is 177 Å². The van der Waals surface area contributed by atoms with Gasteiger partial charge >= 0.3 is 0 Å². The molecule has 1 amide bonds. The number of piperazine rings is 1. The second kappa shape index (κ2) is 8.32. The summed E-state index contributed by atoms with van der Waals surface area (Å²) in [5, 5.41) is 1.10. The maximum Gasteiger partial charge on any atom is 0.236 e. The second-order valence-electron chi connectivity index (χ2n) is 7.79. The second-order valence-corrected chi connectivity index (χ2v) is 7.79. The third kappa shape index (κ3) is 3.96. The molecule has 1 aliphatic rings. The monoisotopic (exact) mass is 405 g/mol. The molecule has 0 N–H and O–H groups in total. The number of ether oxygens (including phenoxy) is 2. The van der Waals surface area contributed by atoms with Crippen LogP contribution in [0.2, 0.25) is 0 Å². The highest BCUT2D eigenvalue weighted by Crippen LogP contribution is 2.34. The minimum Gasteiger partial charge on any atom is -0.493 e. The van der Waals surface area contributed by atoms with Gasteiger partial charge in [0.05, 0.1) is 32.0 Å². The average Bonchev–Trinajstić information content (AvgIpc) is 2.75. The summed E-state index contributed by atoms with van der Waals surface area (Å²) in [6.07, 6.45) is 0. The van der Waals surface area contributed by atoms with Gasteiger partial charge in [0.15, 0.2) is 11.5 Å². The Bertz CT molecular complexity index is 1100. The van der Waals surface area contributed by atoms with Crippen molar-refractivity contribution in [2.45, 2.75) is 13.5 Å². The van der Waals surface area contributed by atoms with E-state index in [2.05, 4.69) is 36.1 Å². The lowest BCUT2D eigenvalue weighted by atomic mass is 10.0. The summed E-state index contributed by atoms with van der Waals surface area (Å²) in [7, 11) is 5.12. The van der Waals surface area contributed by atoms with Crippen LogP contribution in [0.5, 0.6) is 11.5 Å². The van der Waals surface area contributed by atoms with Crippen LogP contribution < -0.4 is 9.47 Å². The van der Waals surface area contributed by atoms with Crippen molar-refractivity contribution in [3.05, 3.63) is 53.6 Å². The SMILES string of the molecule is COc1ccc(-c2nc3cc(C)ccc3cc2CN2CCN(C)C(=O)C2)cc1OC. The number of aromatic nitrogens is 1. The van der Waals surface area contributed by atoms with Gasteiger partial charge in [0.25, 0.3) is 0 Å². The van der Waals surface area contributed by atoms with Crippen molar-refractivity contribution >= 4 is 16.8 Å². The highest BCUT2D eigenvalue weighted by atomic mass is 16.5. The molecule has 2 heterocycles. The van der Waals surface area contributed by atoms with Crippen molar-refractivity contribution in [1.82, 2.24) is 14.8 Å². The van der Waals surface area contributed by atoms with Crippen LogP contribution in [-0.4, -0.2) is 61.6 Å². The fourth-order valence-electron chi connectivity index (χ4n) is 3.86. The fraction of sp³-hybridized carbons (Fsp3) is 0.333. The van der Waals surface area contributed by atoms with Gasteiger partial charge in [0.2, 0.25) is 5.91 Å². The van der Waals surface area contributed by atoms with Crippen molar-refractivity contribution < 1.29 is 14.3 Å². The number of aryl methyl sites for hydroxylation is 1. The van der Waals surface area contributed by atoms with Crippen molar-refractivity contribution in [2.24, 2.45) is 0 Å². The zero-order valence-electron chi connectivity index (χ0n) is 17.9. The number of benzene rings is 2. The van der Waals surface area contributed by atoms with Crippen molar-refractivity contribution in [3.63, 3.8) is 0 Å². The smallest absolute Gasteiger partial charge is 0.236 e. The first-order valence-electron chi connectivity index (χ1n) is 10.1. The molecule has 0 spiro atoms. The third-order valence-electron chi connectivity index (χ3n) is 5.64. The number of methoxy groups -OCH3 is 2. The van der Waals surface area contributed by atoms with Gasteiger partial charge < -0.3 is 14.4 Å². The van der Waals surface area contributed by atoms with E-state index in [-0.39, 0.29) is 5.91 Å². The van der Waals surface area contributed by atoms with Gasteiger partial charge in [-0.1, -0.05) is 12.1 Å². The fourth-order valence-corrected chi connectivity index (χ4v) is 3.86. The van der Waals surface area contributed by atoms with E-state index in [0.29, 0.717) is 24.6 Å². The summed E-state index contributed by atoms with van der Waals surface area (Å²) in [5.74, 6) is 1.50. The number of likely N-dealkylation sites (N-methyl/N-ethyl adjacent to an activating group) is 1. The lowest BCUT2D eigenvalue weighted by Gasteiger charge is -2.32. The molecular weight excluding hydrogens is 378 g/mol. The highest BCUT2D eigenvalue weighted by Gasteiger charge is 2.22. The number of hydrogen-bond donors (Lipinski definition) is 0. The van der Waals surface area contributed by atoms with Crippen LogP contribution in [0.15, 0.2) is 42.5 Å². The summed E-state index contributed by atoms with van der Waals surface area (Å²) >= 11 is 0. The molecule has 6 nitrogen and oxygen atoms in total. The van der Waals surface area contributed by atoms with E-state index in [1.165, 1.54) is 5.56 Å². The molecular formula is C24H27N3O3. The Morgan fingerprint density at radius 3 is 2.53 bits per heavy atom. The number of amides is 1. The van der Waals surface area contributed by atoms with Crippen LogP contribution in [0.25, 0.3) is 22.2 Å². The Hall–Kier alpha value is -3.12. The van der Waals surface area contributed by atoms with E-state index in [9.17, 15) is 4.79 Å². The maximum atomic E-state index is 12.2. The predicted octanol–water partition coefficient (Wildman–Crippen LogP) is 3.50. The van der Waals surface area contributed by atoms with Gasteiger partial charge in [-0.15, -0.1) is 0 Å². The van der Waals surface area contributed by atoms with Crippen LogP contribution in [0.1, 0.15) is 11.1 Å². The lowest BCUT2D eigenvalue weighted by molar-refractivity contribution is -0.134. The number of carbonyl (C=O) groups excluding carboxylic acids is 1. The Morgan fingerprint density at radius 2 is 1.80 bits per heavy atom. The van der Waals surface area contributed by atoms with Crippen molar-refractivity contribution in [2.75, 3.05) is 40.9 Å². The molecule has 1 aliphatic heterocycles. The molecule has 0 radical (unpaired) electrons. The number of pyridine rings is 1. The minimum atomic E-state index is 0.151. The van der Waals surface area contributed by atoms with E-state index in [0.717, 1.165) is 40.8 Å². The molecule has 4 rings (SSSR count). The first-order chi connectivity index (χ1) is 14.5. The minimum absolute atomic E-state index is 0.151. The normalized spacial score (nSPS) is 14.9. The number of rotatable bonds is 5. The number of carbonyl (C=O) groups is 1. The number of hydrogen-bond acceptors (Lipinski definition) is 5. The quantitative estimate of drug-likeness (QED) is 0.650.